The Labute approximate surface area is 183 Å². The number of methoxy groups -OCH3 is 1. The van der Waals surface area contributed by atoms with Crippen molar-refractivity contribution in [1.82, 2.24) is 0 Å². The Morgan fingerprint density at radius 1 is 0.839 bits per heavy atom. The number of esters is 1. The molecule has 0 amide bonds. The van der Waals surface area contributed by atoms with Gasteiger partial charge in [-0.3, -0.25) is 9.59 Å². The van der Waals surface area contributed by atoms with E-state index < -0.39 is 5.97 Å². The molecule has 0 fully saturated rings. The maximum atomic E-state index is 12.5. The highest BCUT2D eigenvalue weighted by Gasteiger charge is 2.15. The van der Waals surface area contributed by atoms with Crippen LogP contribution < -0.4 is 4.74 Å². The van der Waals surface area contributed by atoms with Crippen LogP contribution in [0.3, 0.4) is 0 Å². The minimum absolute atomic E-state index is 0.256. The van der Waals surface area contributed by atoms with Gasteiger partial charge in [0, 0.05) is 17.5 Å². The van der Waals surface area contributed by atoms with Crippen molar-refractivity contribution >= 4 is 17.5 Å². The molecule has 0 N–H and O–H groups in total. The van der Waals surface area contributed by atoms with Crippen LogP contribution in [0.1, 0.15) is 71.1 Å². The number of ether oxygens (including phenoxy) is 3. The largest absolute Gasteiger partial charge is 0.465 e. The van der Waals surface area contributed by atoms with Crippen LogP contribution in [0.2, 0.25) is 0 Å². The average molecular weight is 427 g/mol. The summed E-state index contributed by atoms with van der Waals surface area (Å²) in [5.41, 5.74) is 1.14. The van der Waals surface area contributed by atoms with Gasteiger partial charge in [-0.25, -0.2) is 4.79 Å². The lowest BCUT2D eigenvalue weighted by Crippen LogP contribution is -2.20. The van der Waals surface area contributed by atoms with Crippen molar-refractivity contribution in [3.05, 3.63) is 65.2 Å². The molecule has 0 aliphatic rings. The highest BCUT2D eigenvalue weighted by molar-refractivity contribution is 6.13. The predicted molar refractivity (Wildman–Crippen MR) is 118 cm³/mol. The van der Waals surface area contributed by atoms with E-state index >= 15 is 0 Å². The molecule has 1 unspecified atom stereocenters. The summed E-state index contributed by atoms with van der Waals surface area (Å²) >= 11 is 0. The molecule has 0 aliphatic heterocycles. The van der Waals surface area contributed by atoms with Crippen LogP contribution in [0, 0.1) is 5.92 Å². The van der Waals surface area contributed by atoms with E-state index in [2.05, 4.69) is 18.6 Å². The van der Waals surface area contributed by atoms with Crippen molar-refractivity contribution in [2.45, 2.75) is 46.3 Å². The Kier molecular flexibility index (Phi) is 9.40. The third-order valence-electron chi connectivity index (χ3n) is 4.73. The zero-order chi connectivity index (χ0) is 22.8. The Bertz CT molecular complexity index is 868. The monoisotopic (exact) mass is 426 g/mol. The van der Waals surface area contributed by atoms with Crippen molar-refractivity contribution in [1.29, 1.82) is 0 Å². The van der Waals surface area contributed by atoms with Crippen molar-refractivity contribution in [2.75, 3.05) is 13.7 Å². The summed E-state index contributed by atoms with van der Waals surface area (Å²) in [7, 11) is 1.29. The van der Waals surface area contributed by atoms with Crippen LogP contribution in [0.15, 0.2) is 48.5 Å². The first kappa shape index (κ1) is 24.3. The average Bonchev–Trinajstić information content (AvgIpc) is 2.78. The molecule has 2 rings (SSSR count). The highest BCUT2D eigenvalue weighted by atomic mass is 16.7. The number of hydrogen-bond acceptors (Lipinski definition) is 6. The minimum atomic E-state index is -0.479. The Morgan fingerprint density at radius 3 is 1.84 bits per heavy atom. The number of rotatable bonds is 12. The summed E-state index contributed by atoms with van der Waals surface area (Å²) < 4.78 is 16.2. The summed E-state index contributed by atoms with van der Waals surface area (Å²) in [6.45, 7) is 6.91. The van der Waals surface area contributed by atoms with E-state index in [1.54, 1.807) is 24.3 Å². The van der Waals surface area contributed by atoms with Crippen LogP contribution in [-0.2, 0) is 9.47 Å². The Morgan fingerprint density at radius 2 is 1.35 bits per heavy atom. The topological polar surface area (TPSA) is 78.9 Å². The molecule has 6 heteroatoms. The molecule has 0 bridgehead atoms. The molecule has 1 atom stereocenters. The number of carbonyl (C=O) groups is 3. The number of benzene rings is 2. The second-order valence-electron chi connectivity index (χ2n) is 7.63. The number of hydrogen-bond donors (Lipinski definition) is 0. The zero-order valence-corrected chi connectivity index (χ0v) is 18.6. The van der Waals surface area contributed by atoms with E-state index in [1.807, 2.05) is 6.92 Å². The lowest BCUT2D eigenvalue weighted by Gasteiger charge is -2.19. The number of carbonyl (C=O) groups excluding carboxylic acids is 3. The van der Waals surface area contributed by atoms with E-state index in [0.29, 0.717) is 41.4 Å². The molecule has 166 valence electrons. The predicted octanol–water partition coefficient (Wildman–Crippen LogP) is 5.11. The molecule has 0 spiro atoms. The first-order valence-corrected chi connectivity index (χ1v) is 10.5. The normalized spacial score (nSPS) is 11.8. The summed E-state index contributed by atoms with van der Waals surface area (Å²) in [4.78, 5) is 36.4. The quantitative estimate of drug-likeness (QED) is 0.203. The third-order valence-corrected chi connectivity index (χ3v) is 4.73. The fraction of sp³-hybridized carbons (Fsp3) is 0.400. The molecule has 0 saturated carbocycles. The van der Waals surface area contributed by atoms with E-state index in [1.165, 1.54) is 31.4 Å². The molecule has 0 aromatic heterocycles. The summed E-state index contributed by atoms with van der Waals surface area (Å²) in [6.07, 6.45) is 1.08. The number of Topliss-reactive ketones (excluding diaryl/α,β-unsaturated/α-hetero) is 2. The van der Waals surface area contributed by atoms with Gasteiger partial charge in [0.1, 0.15) is 5.75 Å². The van der Waals surface area contributed by atoms with Gasteiger partial charge in [0.2, 0.25) is 0 Å². The van der Waals surface area contributed by atoms with E-state index in [0.717, 1.165) is 6.42 Å². The van der Waals surface area contributed by atoms with Crippen molar-refractivity contribution in [3.8, 4) is 5.75 Å². The number of ketones is 2. The van der Waals surface area contributed by atoms with Crippen molar-refractivity contribution < 1.29 is 28.6 Å². The standard InChI is InChI=1S/C25H30O6/c1-5-24(30-15-14-17(2)3)31-21-12-10-19(11-13-21)23(27)16-22(26)18-6-8-20(9-7-18)25(28)29-4/h6-13,17,24H,5,14-16H2,1-4H3. The molecule has 31 heavy (non-hydrogen) atoms. The maximum absolute atomic E-state index is 12.5. The smallest absolute Gasteiger partial charge is 0.337 e. The molecular weight excluding hydrogens is 396 g/mol. The van der Waals surface area contributed by atoms with Gasteiger partial charge >= 0.3 is 5.97 Å². The second kappa shape index (κ2) is 12.0. The first-order chi connectivity index (χ1) is 14.8. The van der Waals surface area contributed by atoms with Crippen LogP contribution in [0.5, 0.6) is 5.75 Å². The van der Waals surface area contributed by atoms with Crippen LogP contribution >= 0.6 is 0 Å². The van der Waals surface area contributed by atoms with Gasteiger partial charge in [-0.1, -0.05) is 32.9 Å². The van der Waals surface area contributed by atoms with Gasteiger partial charge in [0.15, 0.2) is 17.9 Å². The van der Waals surface area contributed by atoms with Gasteiger partial charge in [-0.15, -0.1) is 0 Å². The summed E-state index contributed by atoms with van der Waals surface area (Å²) in [6, 6.07) is 12.7. The van der Waals surface area contributed by atoms with Crippen LogP contribution in [0.4, 0.5) is 0 Å². The SMILES string of the molecule is CCC(OCCC(C)C)Oc1ccc(C(=O)CC(=O)c2ccc(C(=O)OC)cc2)cc1. The summed E-state index contributed by atoms with van der Waals surface area (Å²) in [5, 5.41) is 0. The van der Waals surface area contributed by atoms with Crippen molar-refractivity contribution in [2.24, 2.45) is 5.92 Å². The fourth-order valence-corrected chi connectivity index (χ4v) is 2.80. The lowest BCUT2D eigenvalue weighted by atomic mass is 10.0. The van der Waals surface area contributed by atoms with Crippen molar-refractivity contribution in [3.63, 3.8) is 0 Å². The van der Waals surface area contributed by atoms with E-state index in [-0.39, 0.29) is 24.3 Å². The van der Waals surface area contributed by atoms with Gasteiger partial charge in [0.25, 0.3) is 0 Å². The van der Waals surface area contributed by atoms with Crippen LogP contribution in [0.25, 0.3) is 0 Å². The zero-order valence-electron chi connectivity index (χ0n) is 18.6. The molecule has 2 aromatic carbocycles. The second-order valence-corrected chi connectivity index (χ2v) is 7.63. The molecular formula is C25H30O6. The van der Waals surface area contributed by atoms with Gasteiger partial charge < -0.3 is 14.2 Å². The first-order valence-electron chi connectivity index (χ1n) is 10.5. The molecule has 0 radical (unpaired) electrons. The van der Waals surface area contributed by atoms with E-state index in [4.69, 9.17) is 9.47 Å². The highest BCUT2D eigenvalue weighted by Crippen LogP contribution is 2.18. The molecule has 0 heterocycles. The third kappa shape index (κ3) is 7.64. The van der Waals surface area contributed by atoms with Crippen LogP contribution in [-0.4, -0.2) is 37.5 Å². The molecule has 0 saturated heterocycles. The molecule has 0 aliphatic carbocycles. The summed E-state index contributed by atoms with van der Waals surface area (Å²) in [5.74, 6) is 0.0992. The van der Waals surface area contributed by atoms with Gasteiger partial charge in [-0.05, 0) is 48.7 Å². The Hall–Kier alpha value is -2.99. The molecule has 6 nitrogen and oxygen atoms in total. The fourth-order valence-electron chi connectivity index (χ4n) is 2.80. The lowest BCUT2D eigenvalue weighted by molar-refractivity contribution is -0.0842. The van der Waals surface area contributed by atoms with Gasteiger partial charge in [0.05, 0.1) is 25.7 Å². The maximum Gasteiger partial charge on any atom is 0.337 e. The Balaban J connectivity index is 1.92. The molecule has 2 aromatic rings. The minimum Gasteiger partial charge on any atom is -0.465 e. The van der Waals surface area contributed by atoms with Gasteiger partial charge in [-0.2, -0.15) is 0 Å². The van der Waals surface area contributed by atoms with E-state index in [9.17, 15) is 14.4 Å².